The number of anilines is 4. The Morgan fingerprint density at radius 2 is 0.864 bits per heavy atom. The molecule has 0 bridgehead atoms. The zero-order valence-corrected chi connectivity index (χ0v) is 40.9. The van der Waals surface area contributed by atoms with Gasteiger partial charge in [-0.05, 0) is 109 Å². The predicted octanol–water partition coefficient (Wildman–Crippen LogP) is 5.33. The molecule has 10 rings (SSSR count). The van der Waals surface area contributed by atoms with Crippen molar-refractivity contribution in [1.29, 1.82) is 0 Å². The third kappa shape index (κ3) is 15.9. The zero-order valence-electron chi connectivity index (χ0n) is 40.9. The van der Waals surface area contributed by atoms with Gasteiger partial charge in [0.25, 0.3) is 0 Å². The van der Waals surface area contributed by atoms with Crippen molar-refractivity contribution in [3.05, 3.63) is 84.6 Å². The first-order valence-corrected chi connectivity index (χ1v) is 24.8. The van der Waals surface area contributed by atoms with E-state index in [0.29, 0.717) is 0 Å². The van der Waals surface area contributed by atoms with Gasteiger partial charge in [-0.15, -0.1) is 6.58 Å². The summed E-state index contributed by atoms with van der Waals surface area (Å²) in [5.41, 5.74) is 4.34. The van der Waals surface area contributed by atoms with Gasteiger partial charge in [-0.3, -0.25) is 19.7 Å². The average Bonchev–Trinajstić information content (AvgIpc) is 4.20. The van der Waals surface area contributed by atoms with Crippen molar-refractivity contribution >= 4 is 23.7 Å². The van der Waals surface area contributed by atoms with E-state index in [2.05, 4.69) is 92.7 Å². The topological polar surface area (TPSA) is 129 Å². The quantitative estimate of drug-likeness (QED) is 0.211. The number of hydrogen-bond acceptors (Lipinski definition) is 16. The van der Waals surface area contributed by atoms with Crippen LogP contribution < -0.4 is 19.6 Å². The highest BCUT2D eigenvalue weighted by Gasteiger charge is 2.31. The first kappa shape index (κ1) is 49.0. The molecular formula is C50H78N16. The Morgan fingerprint density at radius 3 is 1.32 bits per heavy atom. The molecule has 4 saturated heterocycles. The summed E-state index contributed by atoms with van der Waals surface area (Å²) in [7, 11) is 2.17. The van der Waals surface area contributed by atoms with Crippen LogP contribution in [0.2, 0.25) is 0 Å². The molecule has 0 spiro atoms. The smallest absolute Gasteiger partial charge is 0.225 e. The minimum Gasteiger partial charge on any atom is -0.354 e. The molecule has 8 heterocycles. The maximum absolute atomic E-state index is 4.47. The Labute approximate surface area is 395 Å². The molecule has 4 aromatic rings. The van der Waals surface area contributed by atoms with Gasteiger partial charge < -0.3 is 24.5 Å². The first-order valence-electron chi connectivity index (χ1n) is 24.8. The summed E-state index contributed by atoms with van der Waals surface area (Å²) >= 11 is 0. The first-order chi connectivity index (χ1) is 32.2. The Morgan fingerprint density at radius 1 is 0.439 bits per heavy atom. The SMILES string of the molecule is C=CCN1CCCN(c2ncc(C)cn2)CC1.Cc1cnc(N2CCCN(C)CC2)nc1.Cc1cnc(N2CCCN(C3CC3)CC2)cn1.Cc1cnc(N2CCCN(C3CC3)CC2)nc1. The fraction of sp³-hybridized carbons (Fsp3) is 0.640. The van der Waals surface area contributed by atoms with Gasteiger partial charge in [0.1, 0.15) is 5.82 Å². The van der Waals surface area contributed by atoms with Gasteiger partial charge in [0, 0.05) is 154 Å². The van der Waals surface area contributed by atoms with Crippen LogP contribution in [0.4, 0.5) is 23.7 Å². The van der Waals surface area contributed by atoms with Gasteiger partial charge in [-0.25, -0.2) is 34.9 Å². The van der Waals surface area contributed by atoms with Crippen LogP contribution in [0, 0.1) is 27.7 Å². The highest BCUT2D eigenvalue weighted by molar-refractivity contribution is 5.36. The second kappa shape index (κ2) is 25.3. The number of aromatic nitrogens is 8. The van der Waals surface area contributed by atoms with Crippen LogP contribution >= 0.6 is 0 Å². The molecule has 2 aliphatic carbocycles. The molecule has 6 aliphatic rings. The summed E-state index contributed by atoms with van der Waals surface area (Å²) < 4.78 is 0. The molecule has 0 atom stereocenters. The van der Waals surface area contributed by atoms with Crippen LogP contribution in [0.5, 0.6) is 0 Å². The van der Waals surface area contributed by atoms with Crippen molar-refractivity contribution in [2.75, 3.05) is 138 Å². The van der Waals surface area contributed by atoms with Crippen LogP contribution in [0.1, 0.15) is 73.8 Å². The normalized spacial score (nSPS) is 20.5. The lowest BCUT2D eigenvalue weighted by Gasteiger charge is -2.22. The van der Waals surface area contributed by atoms with Crippen molar-refractivity contribution in [3.8, 4) is 0 Å². The van der Waals surface area contributed by atoms with E-state index in [4.69, 9.17) is 0 Å². The van der Waals surface area contributed by atoms with Crippen LogP contribution in [-0.2, 0) is 0 Å². The minimum atomic E-state index is 0.857. The van der Waals surface area contributed by atoms with E-state index in [1.165, 1.54) is 77.7 Å². The van der Waals surface area contributed by atoms with Crippen molar-refractivity contribution in [2.24, 2.45) is 0 Å². The monoisotopic (exact) mass is 903 g/mol. The Hall–Kier alpha value is -4.90. The van der Waals surface area contributed by atoms with Crippen molar-refractivity contribution < 1.29 is 0 Å². The molecule has 358 valence electrons. The third-order valence-corrected chi connectivity index (χ3v) is 13.1. The van der Waals surface area contributed by atoms with Crippen molar-refractivity contribution in [2.45, 2.75) is 91.1 Å². The van der Waals surface area contributed by atoms with E-state index in [1.54, 1.807) is 0 Å². The molecular weight excluding hydrogens is 825 g/mol. The van der Waals surface area contributed by atoms with Crippen LogP contribution in [0.25, 0.3) is 0 Å². The number of rotatable bonds is 8. The minimum absolute atomic E-state index is 0.857. The summed E-state index contributed by atoms with van der Waals surface area (Å²) in [5.74, 6) is 3.66. The summed E-state index contributed by atoms with van der Waals surface area (Å²) in [4.78, 5) is 54.4. The number of hydrogen-bond donors (Lipinski definition) is 0. The molecule has 6 fully saturated rings. The van der Waals surface area contributed by atoms with E-state index < -0.39 is 0 Å². The second-order valence-electron chi connectivity index (χ2n) is 19.0. The Balaban J connectivity index is 0.000000131. The third-order valence-electron chi connectivity index (χ3n) is 13.1. The molecule has 0 amide bonds. The van der Waals surface area contributed by atoms with Gasteiger partial charge in [0.15, 0.2) is 0 Å². The zero-order chi connectivity index (χ0) is 46.1. The summed E-state index contributed by atoms with van der Waals surface area (Å²) in [6.07, 6.45) is 27.5. The molecule has 16 heteroatoms. The van der Waals surface area contributed by atoms with Gasteiger partial charge in [-0.2, -0.15) is 0 Å². The highest BCUT2D eigenvalue weighted by Crippen LogP contribution is 2.29. The molecule has 4 aliphatic heterocycles. The van der Waals surface area contributed by atoms with Crippen LogP contribution in [-0.4, -0.2) is 190 Å². The summed E-state index contributed by atoms with van der Waals surface area (Å²) in [6, 6.07) is 1.77. The lowest BCUT2D eigenvalue weighted by Crippen LogP contribution is -2.32. The lowest BCUT2D eigenvalue weighted by atomic mass is 10.4. The maximum Gasteiger partial charge on any atom is 0.225 e. The van der Waals surface area contributed by atoms with Crippen LogP contribution in [0.3, 0.4) is 0 Å². The number of aryl methyl sites for hydroxylation is 4. The average molecular weight is 903 g/mol. The fourth-order valence-electron chi connectivity index (χ4n) is 8.89. The van der Waals surface area contributed by atoms with Crippen molar-refractivity contribution in [3.63, 3.8) is 0 Å². The standard InChI is InChI=1S/3C13H20N4.C11H18N4/c1-11-9-15-13(10-14-11)17-6-2-5-16(7-8-17)12-3-4-12;1-11-9-14-13(15-10-11)17-6-2-5-16(7-8-17)12-3-4-12;1-3-5-16-6-4-7-17(9-8-16)13-14-10-12(2)11-15-13;1-10-8-12-11(13-9-10)15-5-3-4-14(2)6-7-15/h2*9-10,12H,2-8H2,1H3;3,10-11H,1,4-9H2,2H3;8-9H,3-7H2,1-2H3. The van der Waals surface area contributed by atoms with E-state index in [-0.39, 0.29) is 0 Å². The molecule has 0 radical (unpaired) electrons. The Kier molecular flexibility index (Phi) is 18.8. The number of nitrogens with zero attached hydrogens (tertiary/aromatic N) is 16. The van der Waals surface area contributed by atoms with Gasteiger partial charge >= 0.3 is 0 Å². The van der Waals surface area contributed by atoms with Crippen LogP contribution in [0.15, 0.2) is 62.2 Å². The molecule has 2 saturated carbocycles. The Bertz CT molecular complexity index is 1920. The number of likely N-dealkylation sites (N-methyl/N-ethyl adjacent to an activating group) is 1. The predicted molar refractivity (Wildman–Crippen MR) is 268 cm³/mol. The van der Waals surface area contributed by atoms with Gasteiger partial charge in [0.2, 0.25) is 17.8 Å². The summed E-state index contributed by atoms with van der Waals surface area (Å²) in [5, 5.41) is 0. The van der Waals surface area contributed by atoms with Gasteiger partial charge in [-0.1, -0.05) is 6.08 Å². The fourth-order valence-corrected chi connectivity index (χ4v) is 8.89. The maximum atomic E-state index is 4.47. The summed E-state index contributed by atoms with van der Waals surface area (Å²) in [6.45, 7) is 30.6. The molecule has 0 aromatic carbocycles. The molecule has 16 nitrogen and oxygen atoms in total. The molecule has 66 heavy (non-hydrogen) atoms. The second-order valence-corrected chi connectivity index (χ2v) is 19.0. The molecule has 0 N–H and O–H groups in total. The lowest BCUT2D eigenvalue weighted by molar-refractivity contribution is 0.283. The van der Waals surface area contributed by atoms with Crippen molar-refractivity contribution in [1.82, 2.24) is 59.5 Å². The molecule has 4 aromatic heterocycles. The van der Waals surface area contributed by atoms with E-state index >= 15 is 0 Å². The van der Waals surface area contributed by atoms with Gasteiger partial charge in [0.05, 0.1) is 18.1 Å². The largest absolute Gasteiger partial charge is 0.354 e. The molecule has 0 unspecified atom stereocenters. The van der Waals surface area contributed by atoms with E-state index in [9.17, 15) is 0 Å². The van der Waals surface area contributed by atoms with E-state index in [1.807, 2.05) is 83.3 Å². The highest BCUT2D eigenvalue weighted by atomic mass is 15.3. The van der Waals surface area contributed by atoms with E-state index in [0.717, 1.165) is 143 Å².